The van der Waals surface area contributed by atoms with E-state index >= 15 is 0 Å². The molecular formula is C18H22ClN5O9. The van der Waals surface area contributed by atoms with Crippen LogP contribution in [0.2, 0.25) is 0 Å². The summed E-state index contributed by atoms with van der Waals surface area (Å²) in [7, 11) is -4.94. The number of anilines is 1. The fourth-order valence-corrected chi connectivity index (χ4v) is 3.25. The Hall–Kier alpha value is -2.66. The average Bonchev–Trinajstić information content (AvgIpc) is 3.29. The van der Waals surface area contributed by atoms with Gasteiger partial charge < -0.3 is 30.6 Å². The van der Waals surface area contributed by atoms with Crippen LogP contribution in [0.3, 0.4) is 0 Å². The highest BCUT2D eigenvalue weighted by Gasteiger charge is 2.44. The molecule has 14 nitrogen and oxygen atoms in total. The normalized spacial score (nSPS) is 22.8. The minimum absolute atomic E-state index is 0.240. The number of nitrogens with two attached hydrogens (primary N) is 1. The van der Waals surface area contributed by atoms with Gasteiger partial charge in [-0.3, -0.25) is 4.57 Å². The van der Waals surface area contributed by atoms with Gasteiger partial charge in [-0.25, -0.2) is 23.6 Å². The molecule has 1 saturated heterocycles. The lowest BCUT2D eigenvalue weighted by Crippen LogP contribution is -2.68. The number of hydrogen-bond donors (Lipinski definition) is 4. The van der Waals surface area contributed by atoms with Crippen molar-refractivity contribution in [3.63, 3.8) is 0 Å². The summed E-state index contributed by atoms with van der Waals surface area (Å²) in [6.07, 6.45) is -1.44. The van der Waals surface area contributed by atoms with Crippen molar-refractivity contribution in [2.45, 2.75) is 38.1 Å². The van der Waals surface area contributed by atoms with Crippen LogP contribution in [0.25, 0.3) is 11.2 Å². The molecule has 4 atom stereocenters. The van der Waals surface area contributed by atoms with Gasteiger partial charge in [0.1, 0.15) is 24.6 Å². The minimum atomic E-state index is -4.94. The van der Waals surface area contributed by atoms with Crippen LogP contribution < -0.4 is 33.9 Å². The lowest BCUT2D eigenvalue weighted by molar-refractivity contribution is -2.00. The van der Waals surface area contributed by atoms with Gasteiger partial charge in [0.2, 0.25) is 11.2 Å². The first-order valence-electron chi connectivity index (χ1n) is 9.46. The smallest absolute Gasteiger partial charge is 0.289 e. The lowest BCUT2D eigenvalue weighted by atomic mass is 10.1. The largest absolute Gasteiger partial charge is 0.394 e. The molecule has 1 aliphatic rings. The van der Waals surface area contributed by atoms with Crippen LogP contribution in [0.15, 0.2) is 36.9 Å². The Labute approximate surface area is 189 Å². The third-order valence-corrected chi connectivity index (χ3v) is 4.94. The monoisotopic (exact) mass is 487 g/mol. The van der Waals surface area contributed by atoms with Gasteiger partial charge in [-0.2, -0.15) is 0 Å². The number of nitrogens with zero attached hydrogens (tertiary/aromatic N) is 4. The molecule has 33 heavy (non-hydrogen) atoms. The summed E-state index contributed by atoms with van der Waals surface area (Å²) >= 11 is 0. The second kappa shape index (κ2) is 10.1. The molecule has 1 aromatic carbocycles. The molecule has 1 fully saturated rings. The van der Waals surface area contributed by atoms with Crippen LogP contribution in [0, 0.1) is 17.2 Å². The first-order valence-corrected chi connectivity index (χ1v) is 10.7. The van der Waals surface area contributed by atoms with E-state index in [0.29, 0.717) is 17.8 Å². The molecule has 3 aromatic rings. The zero-order valence-electron chi connectivity index (χ0n) is 17.2. The van der Waals surface area contributed by atoms with Crippen LogP contribution in [0.4, 0.5) is 5.82 Å². The molecule has 0 amide bonds. The van der Waals surface area contributed by atoms with Crippen molar-refractivity contribution in [1.82, 2.24) is 14.5 Å². The first kappa shape index (κ1) is 25.0. The number of aryl methyl sites for hydroxylation is 1. The number of fused-ring (bicyclic) bond motifs is 1. The molecule has 0 radical (unpaired) electrons. The van der Waals surface area contributed by atoms with Crippen molar-refractivity contribution in [2.75, 3.05) is 12.3 Å². The molecule has 0 aliphatic carbocycles. The zero-order valence-corrected chi connectivity index (χ0v) is 18.0. The molecule has 4 rings (SSSR count). The number of ether oxygens (including phenoxy) is 1. The molecule has 15 heteroatoms. The molecule has 2 aromatic heterocycles. The Bertz CT molecular complexity index is 1090. The highest BCUT2D eigenvalue weighted by Crippen LogP contribution is 2.31. The number of halogens is 1. The molecular weight excluding hydrogens is 466 g/mol. The van der Waals surface area contributed by atoms with Gasteiger partial charge >= 0.3 is 0 Å². The van der Waals surface area contributed by atoms with Crippen LogP contribution >= 0.6 is 0 Å². The number of nitrogen functional groups attached to an aromatic ring is 1. The maximum absolute atomic E-state index is 10.2. The summed E-state index contributed by atoms with van der Waals surface area (Å²) in [5.41, 5.74) is 9.03. The topological polar surface area (TPSA) is 232 Å². The Morgan fingerprint density at radius 1 is 1.18 bits per heavy atom. The van der Waals surface area contributed by atoms with Gasteiger partial charge in [0.25, 0.3) is 12.1 Å². The SMILES string of the molecule is Cc1ccccc1CO[n+]1cnc2c(ncn2[C@@H]2O[C@H](CO)[C@@H](O)[C@H]2O)c1N.[O-][Cl+3]([O-])([O-])[O-]. The Morgan fingerprint density at radius 3 is 2.45 bits per heavy atom. The first-order chi connectivity index (χ1) is 15.5. The van der Waals surface area contributed by atoms with Crippen molar-refractivity contribution in [3.05, 3.63) is 48.0 Å². The zero-order chi connectivity index (χ0) is 24.3. The predicted molar refractivity (Wildman–Crippen MR) is 96.6 cm³/mol. The van der Waals surface area contributed by atoms with E-state index in [2.05, 4.69) is 9.97 Å². The van der Waals surface area contributed by atoms with Crippen molar-refractivity contribution in [3.8, 4) is 0 Å². The lowest BCUT2D eigenvalue weighted by Gasteiger charge is -2.17. The van der Waals surface area contributed by atoms with Gasteiger partial charge in [0, 0.05) is 0 Å². The van der Waals surface area contributed by atoms with Crippen LogP contribution in [0.5, 0.6) is 0 Å². The van der Waals surface area contributed by atoms with Gasteiger partial charge in [-0.1, -0.05) is 34.0 Å². The third kappa shape index (κ3) is 5.83. The Morgan fingerprint density at radius 2 is 1.85 bits per heavy atom. The molecule has 0 spiro atoms. The molecule has 0 bridgehead atoms. The summed E-state index contributed by atoms with van der Waals surface area (Å²) in [6.45, 7) is 1.89. The minimum Gasteiger partial charge on any atom is -0.394 e. The number of benzene rings is 1. The third-order valence-electron chi connectivity index (χ3n) is 4.94. The van der Waals surface area contributed by atoms with Crippen molar-refractivity contribution in [2.24, 2.45) is 0 Å². The van der Waals surface area contributed by atoms with Crippen LogP contribution in [-0.4, -0.2) is 54.8 Å². The molecule has 180 valence electrons. The Kier molecular flexibility index (Phi) is 7.63. The summed E-state index contributed by atoms with van der Waals surface area (Å²) in [4.78, 5) is 14.3. The maximum atomic E-state index is 10.2. The van der Waals surface area contributed by atoms with E-state index in [1.54, 1.807) is 0 Å². The predicted octanol–water partition coefficient (Wildman–Crippen LogP) is -5.91. The van der Waals surface area contributed by atoms with E-state index in [1.165, 1.54) is 22.0 Å². The van der Waals surface area contributed by atoms with Crippen molar-refractivity contribution in [1.29, 1.82) is 0 Å². The number of hydrogen-bond acceptors (Lipinski definition) is 12. The van der Waals surface area contributed by atoms with E-state index < -0.39 is 41.4 Å². The van der Waals surface area contributed by atoms with Gasteiger partial charge in [-0.05, 0) is 18.1 Å². The second-order valence-electron chi connectivity index (χ2n) is 7.09. The van der Waals surface area contributed by atoms with E-state index in [0.717, 1.165) is 11.1 Å². The summed E-state index contributed by atoms with van der Waals surface area (Å²) < 4.78 is 42.3. The summed E-state index contributed by atoms with van der Waals surface area (Å²) in [5.74, 6) is 0.240. The standard InChI is InChI=1S/C18H21N5O5.ClHO4/c1-10-4-2-3-5-11(10)7-27-23-9-21-17-13(16(23)19)20-8-22(17)18-15(26)14(25)12(6-24)28-18;2-1(3,4)5/h2-5,8-9,12,14-15,18-19,24-26H,6-7H2,1H3;(H,2,3,4,5)/t12-,14-,15-,18-;/m1./s1. The van der Waals surface area contributed by atoms with E-state index in [4.69, 9.17) is 33.9 Å². The highest BCUT2D eigenvalue weighted by molar-refractivity contribution is 5.79. The number of aliphatic hydroxyl groups is 3. The van der Waals surface area contributed by atoms with E-state index in [9.17, 15) is 15.3 Å². The number of aliphatic hydroxyl groups excluding tert-OH is 3. The number of imidazole rings is 1. The molecule has 0 saturated carbocycles. The van der Waals surface area contributed by atoms with Crippen molar-refractivity contribution >= 4 is 17.0 Å². The molecule has 3 heterocycles. The van der Waals surface area contributed by atoms with E-state index in [1.807, 2.05) is 31.2 Å². The summed E-state index contributed by atoms with van der Waals surface area (Å²) in [6, 6.07) is 7.85. The number of aromatic nitrogens is 4. The molecule has 5 N–H and O–H groups in total. The molecule has 0 unspecified atom stereocenters. The Balaban J connectivity index is 0.000000555. The average molecular weight is 488 g/mol. The fraction of sp³-hybridized carbons (Fsp3) is 0.389. The van der Waals surface area contributed by atoms with Gasteiger partial charge in [-0.15, -0.1) is 10.2 Å². The van der Waals surface area contributed by atoms with Crippen molar-refractivity contribution < 1.29 is 58.5 Å². The van der Waals surface area contributed by atoms with Crippen LogP contribution in [-0.2, 0) is 11.3 Å². The maximum Gasteiger partial charge on any atom is 0.289 e. The van der Waals surface area contributed by atoms with Gasteiger partial charge in [0.15, 0.2) is 12.8 Å². The fourth-order valence-electron chi connectivity index (χ4n) is 3.25. The van der Waals surface area contributed by atoms with Crippen LogP contribution in [0.1, 0.15) is 17.4 Å². The quantitative estimate of drug-likeness (QED) is 0.246. The second-order valence-corrected chi connectivity index (χ2v) is 7.84. The highest BCUT2D eigenvalue weighted by atomic mass is 35.7. The van der Waals surface area contributed by atoms with Gasteiger partial charge in [0.05, 0.1) is 6.61 Å². The summed E-state index contributed by atoms with van der Waals surface area (Å²) in [5, 5.41) is 29.4. The number of rotatable bonds is 5. The molecule has 1 aliphatic heterocycles. The van der Waals surface area contributed by atoms with E-state index in [-0.39, 0.29) is 5.82 Å².